The van der Waals surface area contributed by atoms with Crippen LogP contribution < -0.4 is 4.74 Å². The molecule has 2 aliphatic rings. The highest BCUT2D eigenvalue weighted by molar-refractivity contribution is 7.48. The summed E-state index contributed by atoms with van der Waals surface area (Å²) < 4.78 is 37.0. The lowest BCUT2D eigenvalue weighted by atomic mass is 9.90. The van der Waals surface area contributed by atoms with E-state index in [4.69, 9.17) is 18.3 Å². The van der Waals surface area contributed by atoms with Gasteiger partial charge in [-0.25, -0.2) is 9.09 Å². The lowest BCUT2D eigenvalue weighted by Gasteiger charge is -2.23. The van der Waals surface area contributed by atoms with Crippen molar-refractivity contribution in [3.05, 3.63) is 89.0 Å². The first kappa shape index (κ1) is 25.9. The normalized spacial score (nSPS) is 18.2. The van der Waals surface area contributed by atoms with E-state index < -0.39 is 7.82 Å². The molecule has 0 aliphatic heterocycles. The quantitative estimate of drug-likeness (QED) is 0.206. The number of allylic oxidation sites excluding steroid dienone is 3. The van der Waals surface area contributed by atoms with Gasteiger partial charge in [0.25, 0.3) is 0 Å². The molecule has 1 saturated carbocycles. The molecule has 0 N–H and O–H groups in total. The number of ether oxygens (including phenoxy) is 1. The predicted octanol–water partition coefficient (Wildman–Crippen LogP) is 8.29. The second-order valence-corrected chi connectivity index (χ2v) is 11.4. The van der Waals surface area contributed by atoms with E-state index in [1.165, 1.54) is 18.4 Å². The molecule has 4 rings (SSSR count). The molecule has 5 nitrogen and oxygen atoms in total. The second-order valence-electron chi connectivity index (χ2n) is 9.71. The van der Waals surface area contributed by atoms with Crippen LogP contribution in [0.3, 0.4) is 0 Å². The molecule has 2 aromatic rings. The van der Waals surface area contributed by atoms with E-state index >= 15 is 0 Å². The maximum Gasteiger partial charge on any atom is 0.478 e. The minimum atomic E-state index is -3.86. The third kappa shape index (κ3) is 7.41. The van der Waals surface area contributed by atoms with Gasteiger partial charge < -0.3 is 4.74 Å². The van der Waals surface area contributed by atoms with Crippen molar-refractivity contribution in [2.45, 2.75) is 64.9 Å². The monoisotopic (exact) mass is 496 g/mol. The fourth-order valence-electron chi connectivity index (χ4n) is 4.33. The molecule has 1 fully saturated rings. The summed E-state index contributed by atoms with van der Waals surface area (Å²) in [7, 11) is -3.86. The molecule has 0 radical (unpaired) electrons. The number of para-hydroxylation sites is 1. The van der Waals surface area contributed by atoms with Crippen LogP contribution in [-0.2, 0) is 24.7 Å². The fraction of sp³-hybridized carbons (Fsp3) is 0.448. The van der Waals surface area contributed by atoms with Crippen LogP contribution in [0.25, 0.3) is 0 Å². The molecule has 188 valence electrons. The number of rotatable bonds is 13. The Morgan fingerprint density at radius 2 is 1.66 bits per heavy atom. The van der Waals surface area contributed by atoms with Crippen LogP contribution in [-0.4, -0.2) is 13.4 Å². The van der Waals surface area contributed by atoms with Crippen LogP contribution in [0.1, 0.15) is 75.0 Å². The minimum Gasteiger partial charge on any atom is -0.466 e. The predicted molar refractivity (Wildman–Crippen MR) is 139 cm³/mol. The second kappa shape index (κ2) is 12.2. The molecule has 6 heteroatoms. The van der Waals surface area contributed by atoms with Crippen molar-refractivity contribution >= 4 is 7.82 Å². The van der Waals surface area contributed by atoms with Crippen molar-refractivity contribution in [1.82, 2.24) is 0 Å². The Balaban J connectivity index is 1.46. The lowest BCUT2D eigenvalue weighted by molar-refractivity contribution is 0.0488. The molecule has 0 amide bonds. The molecule has 2 aromatic carbocycles. The van der Waals surface area contributed by atoms with Crippen molar-refractivity contribution < 1.29 is 22.9 Å². The number of hydrogen-bond acceptors (Lipinski definition) is 5. The largest absolute Gasteiger partial charge is 0.478 e. The number of phosphoric acid groups is 1. The van der Waals surface area contributed by atoms with Gasteiger partial charge in [0.2, 0.25) is 0 Å². The van der Waals surface area contributed by atoms with Crippen LogP contribution in [0.2, 0.25) is 0 Å². The Labute approximate surface area is 209 Å². The number of hydrogen-bond donors (Lipinski definition) is 0. The van der Waals surface area contributed by atoms with Crippen molar-refractivity contribution in [1.29, 1.82) is 0 Å². The van der Waals surface area contributed by atoms with E-state index in [0.29, 0.717) is 17.8 Å². The van der Waals surface area contributed by atoms with E-state index in [9.17, 15) is 4.57 Å². The molecule has 0 spiro atoms. The molecule has 0 aromatic heterocycles. The van der Waals surface area contributed by atoms with Gasteiger partial charge >= 0.3 is 7.82 Å². The summed E-state index contributed by atoms with van der Waals surface area (Å²) in [4.78, 5) is 0. The topological polar surface area (TPSA) is 54.0 Å². The lowest BCUT2D eigenvalue weighted by Crippen LogP contribution is -2.11. The molecule has 0 bridgehead atoms. The summed E-state index contributed by atoms with van der Waals surface area (Å²) in [6.45, 7) is 6.68. The van der Waals surface area contributed by atoms with Crippen LogP contribution in [0.5, 0.6) is 5.75 Å². The van der Waals surface area contributed by atoms with E-state index in [1.807, 2.05) is 42.5 Å². The summed E-state index contributed by atoms with van der Waals surface area (Å²) in [6, 6.07) is 15.9. The third-order valence-corrected chi connectivity index (χ3v) is 7.98. The highest BCUT2D eigenvalue weighted by Crippen LogP contribution is 2.51. The van der Waals surface area contributed by atoms with Gasteiger partial charge in [0.15, 0.2) is 6.79 Å². The Kier molecular flexibility index (Phi) is 9.02. The Morgan fingerprint density at radius 1 is 0.914 bits per heavy atom. The van der Waals surface area contributed by atoms with Crippen LogP contribution >= 0.6 is 7.82 Å². The van der Waals surface area contributed by atoms with Crippen molar-refractivity contribution in [2.24, 2.45) is 5.92 Å². The number of phosphoric ester groups is 1. The zero-order valence-electron chi connectivity index (χ0n) is 21.0. The summed E-state index contributed by atoms with van der Waals surface area (Å²) in [6.07, 6.45) is 10.4. The first-order valence-corrected chi connectivity index (χ1v) is 14.1. The van der Waals surface area contributed by atoms with Gasteiger partial charge in [0.1, 0.15) is 5.75 Å². The summed E-state index contributed by atoms with van der Waals surface area (Å²) in [5.41, 5.74) is 4.26. The van der Waals surface area contributed by atoms with Gasteiger partial charge in [-0.3, -0.25) is 9.05 Å². The molecular formula is C29H37O5P. The van der Waals surface area contributed by atoms with Gasteiger partial charge in [-0.15, -0.1) is 0 Å². The Morgan fingerprint density at radius 3 is 2.34 bits per heavy atom. The minimum absolute atomic E-state index is 0.129. The van der Waals surface area contributed by atoms with Gasteiger partial charge in [0.05, 0.1) is 13.2 Å². The SMILES string of the molecule is CC(C)c1cccc(C(C)C2CC2)c1OCOP(=O)(OCC1=CC=CCC1)OCc1ccccc1. The maximum atomic E-state index is 13.6. The van der Waals surface area contributed by atoms with E-state index in [0.717, 1.165) is 35.3 Å². The van der Waals surface area contributed by atoms with Gasteiger partial charge in [-0.2, -0.15) is 0 Å². The maximum absolute atomic E-state index is 13.6. The molecule has 2 aliphatic carbocycles. The molecule has 0 heterocycles. The molecule has 35 heavy (non-hydrogen) atoms. The van der Waals surface area contributed by atoms with Crippen LogP contribution in [0.4, 0.5) is 0 Å². The van der Waals surface area contributed by atoms with E-state index in [1.54, 1.807) is 0 Å². The molecule has 2 atom stereocenters. The van der Waals surface area contributed by atoms with Gasteiger partial charge in [-0.1, -0.05) is 87.5 Å². The Bertz CT molecular complexity index is 1070. The van der Waals surface area contributed by atoms with Gasteiger partial charge in [-0.05, 0) is 65.7 Å². The van der Waals surface area contributed by atoms with Crippen molar-refractivity contribution in [3.8, 4) is 5.75 Å². The fourth-order valence-corrected chi connectivity index (χ4v) is 5.36. The van der Waals surface area contributed by atoms with E-state index in [2.05, 4.69) is 45.0 Å². The van der Waals surface area contributed by atoms with Gasteiger partial charge in [0, 0.05) is 0 Å². The third-order valence-electron chi connectivity index (χ3n) is 6.67. The number of benzene rings is 2. The first-order chi connectivity index (χ1) is 17.0. The zero-order chi connectivity index (χ0) is 24.7. The van der Waals surface area contributed by atoms with Crippen LogP contribution in [0.15, 0.2) is 72.3 Å². The zero-order valence-corrected chi connectivity index (χ0v) is 21.9. The highest BCUT2D eigenvalue weighted by atomic mass is 31.2. The Hall–Kier alpha value is -2.17. The van der Waals surface area contributed by atoms with Crippen molar-refractivity contribution in [2.75, 3.05) is 13.4 Å². The summed E-state index contributed by atoms with van der Waals surface area (Å²) >= 11 is 0. The van der Waals surface area contributed by atoms with E-state index in [-0.39, 0.29) is 20.0 Å². The molecular weight excluding hydrogens is 459 g/mol. The standard InChI is InChI=1S/C29H37O5P/c1-22(2)27-15-10-16-28(23(3)26-17-18-26)29(27)31-21-34-35(30,32-19-24-11-6-4-7-12-24)33-20-25-13-8-5-9-14-25/h4-8,10-13,15-16,22-23,26H,9,14,17-21H2,1-3H3. The van der Waals surface area contributed by atoms with Crippen molar-refractivity contribution in [3.63, 3.8) is 0 Å². The molecule has 2 unspecified atom stereocenters. The summed E-state index contributed by atoms with van der Waals surface area (Å²) in [5, 5.41) is 0. The average Bonchev–Trinajstić information content (AvgIpc) is 3.73. The smallest absolute Gasteiger partial charge is 0.466 e. The highest BCUT2D eigenvalue weighted by Gasteiger charge is 2.32. The first-order valence-electron chi connectivity index (χ1n) is 12.6. The summed E-state index contributed by atoms with van der Waals surface area (Å²) in [5.74, 6) is 2.23. The molecule has 0 saturated heterocycles. The average molecular weight is 497 g/mol. The van der Waals surface area contributed by atoms with Crippen LogP contribution in [0, 0.1) is 5.92 Å².